The van der Waals surface area contributed by atoms with Crippen LogP contribution in [0.25, 0.3) is 0 Å². The van der Waals surface area contributed by atoms with Gasteiger partial charge in [0.2, 0.25) is 5.91 Å². The van der Waals surface area contributed by atoms with Crippen molar-refractivity contribution in [3.05, 3.63) is 35.4 Å². The molecule has 1 amide bonds. The molecule has 1 aliphatic heterocycles. The summed E-state index contributed by atoms with van der Waals surface area (Å²) in [7, 11) is 1.87. The smallest absolute Gasteiger partial charge is 0.317 e. The quantitative estimate of drug-likeness (QED) is 0.669. The van der Waals surface area contributed by atoms with Crippen LogP contribution in [0.5, 0.6) is 0 Å². The third-order valence-corrected chi connectivity index (χ3v) is 5.91. The number of carbonyl (C=O) groups is 2. The third-order valence-electron chi connectivity index (χ3n) is 5.91. The van der Waals surface area contributed by atoms with E-state index in [4.69, 9.17) is 5.11 Å². The average Bonchev–Trinajstić information content (AvgIpc) is 2.93. The van der Waals surface area contributed by atoms with E-state index in [0.717, 1.165) is 44.3 Å². The fraction of sp³-hybridized carbons (Fsp3) is 0.636. The molecule has 3 unspecified atom stereocenters. The predicted molar refractivity (Wildman–Crippen MR) is 119 cm³/mol. The number of amides is 1. The molecule has 0 aliphatic carbocycles. The van der Waals surface area contributed by atoms with Gasteiger partial charge in [0.25, 0.3) is 0 Å². The van der Waals surface area contributed by atoms with E-state index in [1.54, 1.807) is 0 Å². The second-order valence-corrected chi connectivity index (χ2v) is 7.93. The summed E-state index contributed by atoms with van der Waals surface area (Å²) in [5.41, 5.74) is 2.41. The molecule has 0 aromatic heterocycles. The topological polar surface area (TPSA) is 72.9 Å². The number of carbonyl (C=O) groups excluding carboxylic acids is 1. The lowest BCUT2D eigenvalue weighted by molar-refractivity contribution is -0.138. The van der Waals surface area contributed by atoms with E-state index < -0.39 is 5.97 Å². The maximum atomic E-state index is 12.8. The van der Waals surface area contributed by atoms with Crippen LogP contribution in [0.2, 0.25) is 0 Å². The summed E-state index contributed by atoms with van der Waals surface area (Å²) in [6.07, 6.45) is 3.83. The Morgan fingerprint density at radius 2 is 1.86 bits per heavy atom. The van der Waals surface area contributed by atoms with E-state index in [0.29, 0.717) is 0 Å². The van der Waals surface area contributed by atoms with Gasteiger partial charge in [-0.3, -0.25) is 19.4 Å². The van der Waals surface area contributed by atoms with Crippen LogP contribution in [-0.4, -0.2) is 65.5 Å². The first-order chi connectivity index (χ1) is 13.3. The Kier molecular flexibility index (Phi) is 10.6. The number of aryl methyl sites for hydroxylation is 1. The van der Waals surface area contributed by atoms with Gasteiger partial charge in [0.1, 0.15) is 0 Å². The molecule has 1 aromatic carbocycles. The van der Waals surface area contributed by atoms with Crippen LogP contribution < -0.4 is 5.32 Å². The van der Waals surface area contributed by atoms with Gasteiger partial charge in [-0.05, 0) is 64.3 Å². The molecule has 0 saturated carbocycles. The van der Waals surface area contributed by atoms with Crippen molar-refractivity contribution in [2.24, 2.45) is 0 Å². The Labute approximate surface area is 181 Å². The number of hydrogen-bond acceptors (Lipinski definition) is 4. The van der Waals surface area contributed by atoms with Crippen LogP contribution in [0.15, 0.2) is 24.3 Å². The number of likely N-dealkylation sites (N-methyl/N-ethyl adjacent to an activating group) is 1. The summed E-state index contributed by atoms with van der Waals surface area (Å²) in [6.45, 7) is 7.85. The number of carboxylic acid groups (broad SMARTS) is 1. The van der Waals surface area contributed by atoms with Gasteiger partial charge in [0.05, 0.1) is 18.6 Å². The van der Waals surface area contributed by atoms with Crippen molar-refractivity contribution in [3.8, 4) is 0 Å². The average molecular weight is 426 g/mol. The summed E-state index contributed by atoms with van der Waals surface area (Å²) in [6, 6.07) is 8.44. The van der Waals surface area contributed by atoms with Gasteiger partial charge < -0.3 is 10.4 Å². The SMILES string of the molecule is CCc1ccc(C(C)NC(=O)C(C)N2CCCC(N(C)CC(=O)O)CC2)cc1.Cl. The molecule has 3 atom stereocenters. The minimum Gasteiger partial charge on any atom is -0.480 e. The maximum Gasteiger partial charge on any atom is 0.317 e. The molecule has 0 radical (unpaired) electrons. The van der Waals surface area contributed by atoms with Crippen molar-refractivity contribution in [1.29, 1.82) is 0 Å². The van der Waals surface area contributed by atoms with Crippen molar-refractivity contribution < 1.29 is 14.7 Å². The number of halogens is 1. The summed E-state index contributed by atoms with van der Waals surface area (Å²) >= 11 is 0. The molecule has 1 aromatic rings. The van der Waals surface area contributed by atoms with Gasteiger partial charge in [-0.1, -0.05) is 31.2 Å². The lowest BCUT2D eigenvalue weighted by atomic mass is 10.0. The van der Waals surface area contributed by atoms with Crippen molar-refractivity contribution in [3.63, 3.8) is 0 Å². The Hall–Kier alpha value is -1.63. The third kappa shape index (κ3) is 7.61. The molecular formula is C22H36ClN3O3. The fourth-order valence-corrected chi connectivity index (χ4v) is 3.90. The highest BCUT2D eigenvalue weighted by Crippen LogP contribution is 2.19. The van der Waals surface area contributed by atoms with E-state index in [2.05, 4.69) is 41.4 Å². The van der Waals surface area contributed by atoms with Gasteiger partial charge in [0.15, 0.2) is 0 Å². The van der Waals surface area contributed by atoms with E-state index in [9.17, 15) is 9.59 Å². The van der Waals surface area contributed by atoms with Crippen molar-refractivity contribution in [2.45, 2.75) is 64.6 Å². The molecule has 164 valence electrons. The second kappa shape index (κ2) is 12.2. The van der Waals surface area contributed by atoms with Crippen molar-refractivity contribution in [2.75, 3.05) is 26.7 Å². The molecule has 0 spiro atoms. The first-order valence-corrected chi connectivity index (χ1v) is 10.4. The number of hydrogen-bond donors (Lipinski definition) is 2. The molecule has 2 rings (SSSR count). The fourth-order valence-electron chi connectivity index (χ4n) is 3.90. The Morgan fingerprint density at radius 3 is 2.45 bits per heavy atom. The highest BCUT2D eigenvalue weighted by molar-refractivity contribution is 5.85. The van der Waals surface area contributed by atoms with Gasteiger partial charge in [-0.25, -0.2) is 0 Å². The Bertz CT molecular complexity index is 653. The van der Waals surface area contributed by atoms with E-state index in [-0.39, 0.29) is 43.0 Å². The second-order valence-electron chi connectivity index (χ2n) is 7.93. The molecule has 1 aliphatic rings. The minimum absolute atomic E-state index is 0. The minimum atomic E-state index is -0.794. The largest absolute Gasteiger partial charge is 0.480 e. The van der Waals surface area contributed by atoms with Crippen molar-refractivity contribution in [1.82, 2.24) is 15.1 Å². The normalized spacial score (nSPS) is 19.7. The van der Waals surface area contributed by atoms with E-state index in [1.165, 1.54) is 5.56 Å². The van der Waals surface area contributed by atoms with Gasteiger partial charge in [-0.2, -0.15) is 0 Å². The van der Waals surface area contributed by atoms with Gasteiger partial charge in [0, 0.05) is 12.6 Å². The zero-order valence-electron chi connectivity index (χ0n) is 18.1. The number of rotatable bonds is 8. The van der Waals surface area contributed by atoms with Crippen LogP contribution in [-0.2, 0) is 16.0 Å². The highest BCUT2D eigenvalue weighted by atomic mass is 35.5. The molecule has 1 saturated heterocycles. The molecule has 1 fully saturated rings. The van der Waals surface area contributed by atoms with Crippen LogP contribution in [0.4, 0.5) is 0 Å². The highest BCUT2D eigenvalue weighted by Gasteiger charge is 2.27. The summed E-state index contributed by atoms with van der Waals surface area (Å²) in [5, 5.41) is 12.1. The molecule has 6 nitrogen and oxygen atoms in total. The first-order valence-electron chi connectivity index (χ1n) is 10.4. The molecule has 2 N–H and O–H groups in total. The number of aliphatic carboxylic acids is 1. The molecular weight excluding hydrogens is 390 g/mol. The van der Waals surface area contributed by atoms with E-state index in [1.807, 2.05) is 25.8 Å². The molecule has 29 heavy (non-hydrogen) atoms. The Morgan fingerprint density at radius 1 is 1.21 bits per heavy atom. The van der Waals surface area contributed by atoms with Gasteiger partial charge >= 0.3 is 5.97 Å². The summed E-state index contributed by atoms with van der Waals surface area (Å²) in [5.74, 6) is -0.748. The summed E-state index contributed by atoms with van der Waals surface area (Å²) < 4.78 is 0. The predicted octanol–water partition coefficient (Wildman–Crippen LogP) is 3.11. The van der Waals surface area contributed by atoms with Crippen molar-refractivity contribution >= 4 is 24.3 Å². The van der Waals surface area contributed by atoms with Crippen LogP contribution in [0, 0.1) is 0 Å². The van der Waals surface area contributed by atoms with Crippen LogP contribution in [0.3, 0.4) is 0 Å². The van der Waals surface area contributed by atoms with Crippen LogP contribution in [0.1, 0.15) is 57.2 Å². The first kappa shape index (κ1) is 25.4. The molecule has 7 heteroatoms. The number of carboxylic acids is 1. The standard InChI is InChI=1S/C22H35N3O3.ClH/c1-5-18-8-10-19(11-9-18)16(2)23-22(28)17(3)25-13-6-7-20(12-14-25)24(4)15-21(26)27;/h8-11,16-17,20H,5-7,12-15H2,1-4H3,(H,23,28)(H,26,27);1H. The maximum absolute atomic E-state index is 12.8. The summed E-state index contributed by atoms with van der Waals surface area (Å²) in [4.78, 5) is 27.9. The number of nitrogens with one attached hydrogen (secondary N) is 1. The monoisotopic (exact) mass is 425 g/mol. The molecule has 1 heterocycles. The van der Waals surface area contributed by atoms with Gasteiger partial charge in [-0.15, -0.1) is 12.4 Å². The lowest BCUT2D eigenvalue weighted by Gasteiger charge is -2.29. The number of nitrogens with zero attached hydrogens (tertiary/aromatic N) is 2. The zero-order valence-corrected chi connectivity index (χ0v) is 18.9. The zero-order chi connectivity index (χ0) is 20.7. The Balaban J connectivity index is 0.00000420. The lowest BCUT2D eigenvalue weighted by Crippen LogP contribution is -2.46. The number of likely N-dealkylation sites (tertiary alicyclic amines) is 1. The van der Waals surface area contributed by atoms with Crippen LogP contribution >= 0.6 is 12.4 Å². The molecule has 0 bridgehead atoms. The van der Waals surface area contributed by atoms with E-state index >= 15 is 0 Å². The number of benzene rings is 1.